The van der Waals surface area contributed by atoms with E-state index in [1.165, 1.54) is 5.01 Å². The van der Waals surface area contributed by atoms with Gasteiger partial charge < -0.3 is 0 Å². The molecule has 0 aliphatic heterocycles. The molecule has 0 aliphatic rings. The molecular formula is C7H15N2O2. The smallest absolute Gasteiger partial charge is 0.224 e. The van der Waals surface area contributed by atoms with E-state index in [4.69, 9.17) is 0 Å². The molecule has 0 saturated heterocycles. The van der Waals surface area contributed by atoms with Gasteiger partial charge in [0.1, 0.15) is 0 Å². The third kappa shape index (κ3) is 4.75. The lowest BCUT2D eigenvalue weighted by molar-refractivity contribution is -0.130. The Labute approximate surface area is 67.4 Å². The number of hydrogen-bond acceptors (Lipinski definition) is 2. The maximum Gasteiger partial charge on any atom is 0.224 e. The summed E-state index contributed by atoms with van der Waals surface area (Å²) in [5.41, 5.74) is 0. The fourth-order valence-electron chi connectivity index (χ4n) is 0.723. The molecule has 11 heavy (non-hydrogen) atoms. The zero-order valence-electron chi connectivity index (χ0n) is 7.12. The highest BCUT2D eigenvalue weighted by Gasteiger charge is 2.01. The van der Waals surface area contributed by atoms with Crippen LogP contribution in [0, 0.1) is 0 Å². The zero-order valence-corrected chi connectivity index (χ0v) is 7.12. The Bertz CT molecular complexity index is 107. The summed E-state index contributed by atoms with van der Waals surface area (Å²) in [6.45, 7) is 0.582. The Morgan fingerprint density at radius 2 is 1.91 bits per heavy atom. The zero-order chi connectivity index (χ0) is 8.69. The van der Waals surface area contributed by atoms with Crippen molar-refractivity contribution in [3.63, 3.8) is 0 Å². The van der Waals surface area contributed by atoms with Crippen LogP contribution in [0.25, 0.3) is 0 Å². The monoisotopic (exact) mass is 159 g/mol. The summed E-state index contributed by atoms with van der Waals surface area (Å²) in [5, 5.41) is 13.3. The molecule has 0 spiro atoms. The van der Waals surface area contributed by atoms with Crippen LogP contribution < -0.4 is 0 Å². The fourth-order valence-corrected chi connectivity index (χ4v) is 0.723. The predicted octanol–water partition coefficient (Wildman–Crippen LogP) is 0.132. The lowest BCUT2D eigenvalue weighted by Gasteiger charge is -2.23. The van der Waals surface area contributed by atoms with Gasteiger partial charge in [-0.25, -0.2) is 10.1 Å². The Morgan fingerprint density at radius 1 is 1.27 bits per heavy atom. The molecule has 0 bridgehead atoms. The van der Waals surface area contributed by atoms with Crippen molar-refractivity contribution in [3.05, 3.63) is 0 Å². The number of amides is 1. The third-order valence-electron chi connectivity index (χ3n) is 1.42. The molecule has 1 radical (unpaired) electrons. The maximum absolute atomic E-state index is 10.3. The van der Waals surface area contributed by atoms with Gasteiger partial charge in [-0.05, 0) is 12.8 Å². The predicted molar refractivity (Wildman–Crippen MR) is 41.2 cm³/mol. The molecule has 0 saturated carbocycles. The first-order valence-corrected chi connectivity index (χ1v) is 3.69. The van der Waals surface area contributed by atoms with E-state index in [0.717, 1.165) is 12.8 Å². The summed E-state index contributed by atoms with van der Waals surface area (Å²) in [5.74, 6) is 0. The van der Waals surface area contributed by atoms with Crippen molar-refractivity contribution in [3.8, 4) is 0 Å². The summed E-state index contributed by atoms with van der Waals surface area (Å²) >= 11 is 0. The van der Waals surface area contributed by atoms with Gasteiger partial charge in [0.2, 0.25) is 6.41 Å². The van der Waals surface area contributed by atoms with Gasteiger partial charge >= 0.3 is 0 Å². The van der Waals surface area contributed by atoms with Crippen LogP contribution in [0.5, 0.6) is 0 Å². The molecule has 0 fully saturated rings. The van der Waals surface area contributed by atoms with Gasteiger partial charge in [-0.1, -0.05) is 0 Å². The molecule has 0 aromatic heterocycles. The lowest BCUT2D eigenvalue weighted by atomic mass is 10.3. The van der Waals surface area contributed by atoms with Crippen LogP contribution in [0.4, 0.5) is 0 Å². The molecule has 0 aromatic rings. The van der Waals surface area contributed by atoms with E-state index in [0.29, 0.717) is 13.0 Å². The van der Waals surface area contributed by atoms with E-state index in [1.807, 2.05) is 0 Å². The molecule has 0 aliphatic carbocycles. The molecule has 0 heterocycles. The highest BCUT2D eigenvalue weighted by Crippen LogP contribution is 1.93. The van der Waals surface area contributed by atoms with E-state index in [-0.39, 0.29) is 6.61 Å². The van der Waals surface area contributed by atoms with Gasteiger partial charge in [0, 0.05) is 20.6 Å². The van der Waals surface area contributed by atoms with Crippen LogP contribution in [0.15, 0.2) is 0 Å². The summed E-state index contributed by atoms with van der Waals surface area (Å²) in [4.78, 5) is 10.3. The third-order valence-corrected chi connectivity index (χ3v) is 1.42. The van der Waals surface area contributed by atoms with Crippen LogP contribution in [-0.4, -0.2) is 43.7 Å². The van der Waals surface area contributed by atoms with Crippen molar-refractivity contribution in [2.75, 3.05) is 27.2 Å². The van der Waals surface area contributed by atoms with Crippen LogP contribution in [0.1, 0.15) is 12.8 Å². The first-order chi connectivity index (χ1) is 5.22. The van der Waals surface area contributed by atoms with Gasteiger partial charge in [0.25, 0.3) is 0 Å². The Kier molecular flexibility index (Phi) is 5.78. The molecule has 4 nitrogen and oxygen atoms in total. The summed E-state index contributed by atoms with van der Waals surface area (Å²) in [6.07, 6.45) is 2.18. The van der Waals surface area contributed by atoms with Crippen molar-refractivity contribution in [2.45, 2.75) is 12.8 Å². The number of carbonyl (C=O) groups is 1. The SMILES string of the molecule is CN(C)N(C=O)CCCC[O]. The molecule has 0 aromatic carbocycles. The average molecular weight is 159 g/mol. The molecule has 0 rings (SSSR count). The van der Waals surface area contributed by atoms with Crippen molar-refractivity contribution in [1.29, 1.82) is 0 Å². The Hall–Kier alpha value is -0.610. The minimum Gasteiger partial charge on any atom is -0.279 e. The van der Waals surface area contributed by atoms with Gasteiger partial charge in [-0.3, -0.25) is 9.80 Å². The number of unbranched alkanes of at least 4 members (excludes halogenated alkanes) is 1. The Balaban J connectivity index is 3.44. The molecular weight excluding hydrogens is 144 g/mol. The number of rotatable bonds is 6. The fraction of sp³-hybridized carbons (Fsp3) is 0.857. The minimum atomic E-state index is -0.0554. The van der Waals surface area contributed by atoms with Crippen molar-refractivity contribution < 1.29 is 9.90 Å². The molecule has 65 valence electrons. The first-order valence-electron chi connectivity index (χ1n) is 3.69. The first kappa shape index (κ1) is 10.4. The van der Waals surface area contributed by atoms with Crippen molar-refractivity contribution in [1.82, 2.24) is 10.0 Å². The van der Waals surface area contributed by atoms with Gasteiger partial charge in [-0.15, -0.1) is 0 Å². The lowest BCUT2D eigenvalue weighted by Crippen LogP contribution is -2.36. The molecule has 0 atom stereocenters. The number of carbonyl (C=O) groups excluding carboxylic acids is 1. The van der Waals surface area contributed by atoms with E-state index < -0.39 is 0 Å². The van der Waals surface area contributed by atoms with Gasteiger partial charge in [-0.2, -0.15) is 0 Å². The summed E-state index contributed by atoms with van der Waals surface area (Å²) < 4.78 is 0. The second-order valence-electron chi connectivity index (χ2n) is 2.53. The molecule has 4 heteroatoms. The van der Waals surface area contributed by atoms with E-state index in [1.54, 1.807) is 19.1 Å². The van der Waals surface area contributed by atoms with Crippen molar-refractivity contribution >= 4 is 6.41 Å². The van der Waals surface area contributed by atoms with Gasteiger partial charge in [0.05, 0.1) is 6.61 Å². The number of nitrogens with zero attached hydrogens (tertiary/aromatic N) is 2. The van der Waals surface area contributed by atoms with E-state index >= 15 is 0 Å². The Morgan fingerprint density at radius 3 is 2.27 bits per heavy atom. The second kappa shape index (κ2) is 6.12. The van der Waals surface area contributed by atoms with E-state index in [9.17, 15) is 9.90 Å². The van der Waals surface area contributed by atoms with Crippen LogP contribution in [0.3, 0.4) is 0 Å². The molecule has 0 N–H and O–H groups in total. The van der Waals surface area contributed by atoms with Gasteiger partial charge in [0.15, 0.2) is 0 Å². The second-order valence-corrected chi connectivity index (χ2v) is 2.53. The standard InChI is InChI=1S/C7H15N2O2/c1-8(2)9(7-11)5-3-4-6-10/h7H,3-6H2,1-2H3. The van der Waals surface area contributed by atoms with Crippen LogP contribution in [-0.2, 0) is 9.90 Å². The largest absolute Gasteiger partial charge is 0.279 e. The normalized spacial score (nSPS) is 10.2. The number of hydrazine groups is 1. The quantitative estimate of drug-likeness (QED) is 0.314. The molecule has 0 unspecified atom stereocenters. The molecule has 1 amide bonds. The average Bonchev–Trinajstić information content (AvgIpc) is 1.97. The minimum absolute atomic E-state index is 0.0554. The number of hydrogen-bond donors (Lipinski definition) is 0. The summed E-state index contributed by atoms with van der Waals surface area (Å²) in [6, 6.07) is 0. The highest BCUT2D eigenvalue weighted by molar-refractivity contribution is 5.45. The summed E-state index contributed by atoms with van der Waals surface area (Å²) in [7, 11) is 3.59. The van der Waals surface area contributed by atoms with E-state index in [2.05, 4.69) is 0 Å². The highest BCUT2D eigenvalue weighted by atomic mass is 16.3. The van der Waals surface area contributed by atoms with Crippen molar-refractivity contribution in [2.24, 2.45) is 0 Å². The topological polar surface area (TPSA) is 43.5 Å². The maximum atomic E-state index is 10.3. The van der Waals surface area contributed by atoms with Crippen LogP contribution >= 0.6 is 0 Å². The van der Waals surface area contributed by atoms with Crippen LogP contribution in [0.2, 0.25) is 0 Å².